The van der Waals surface area contributed by atoms with Crippen LogP contribution in [0.4, 0.5) is 0 Å². The molecule has 1 aromatic carbocycles. The Hall–Kier alpha value is 0.402. The summed E-state index contributed by atoms with van der Waals surface area (Å²) < 4.78 is 5.34. The van der Waals surface area contributed by atoms with E-state index in [1.807, 2.05) is 0 Å². The molecule has 1 nitrogen and oxygen atoms in total. The fraction of sp³-hybridized carbons (Fsp3) is 0.611. The van der Waals surface area contributed by atoms with Gasteiger partial charge in [0.2, 0.25) is 0 Å². The van der Waals surface area contributed by atoms with Crippen molar-refractivity contribution in [1.82, 2.24) is 0 Å². The molecule has 0 aliphatic heterocycles. The van der Waals surface area contributed by atoms with E-state index in [2.05, 4.69) is 29.9 Å². The van der Waals surface area contributed by atoms with E-state index in [-0.39, 0.29) is 20.4 Å². The normalized spacial score (nSPS) is 20.1. The standard InChI is InChI=1S/C18H26ClOP.Pd/c1-20-15-10-12-18(13-11-15)21(14-19,16-6-2-3-7-16)17-8-4-5-9-17;/h10-14,16-17H,2-9H2,1H3;. The Kier molecular flexibility index (Phi) is 7.23. The SMILES string of the molecule is COc1ccc([P+]([CH-]Cl)(C2CCCC2)C2CCCC2)cc1.[Pd]. The van der Waals surface area contributed by atoms with Gasteiger partial charge in [-0.3, -0.25) is 0 Å². The van der Waals surface area contributed by atoms with Crippen LogP contribution in [0.1, 0.15) is 51.4 Å². The van der Waals surface area contributed by atoms with Crippen molar-refractivity contribution in [2.75, 3.05) is 7.11 Å². The van der Waals surface area contributed by atoms with Crippen molar-refractivity contribution in [3.63, 3.8) is 0 Å². The van der Waals surface area contributed by atoms with Gasteiger partial charge in [0.1, 0.15) is 5.75 Å². The topological polar surface area (TPSA) is 9.23 Å². The van der Waals surface area contributed by atoms with E-state index in [0.717, 1.165) is 17.1 Å². The molecule has 0 spiro atoms. The van der Waals surface area contributed by atoms with Crippen molar-refractivity contribution in [1.29, 1.82) is 0 Å². The monoisotopic (exact) mass is 430 g/mol. The van der Waals surface area contributed by atoms with Gasteiger partial charge in [0.05, 0.1) is 12.4 Å². The van der Waals surface area contributed by atoms with Gasteiger partial charge >= 0.3 is 0 Å². The van der Waals surface area contributed by atoms with Gasteiger partial charge in [-0.2, -0.15) is 0 Å². The first-order chi connectivity index (χ1) is 10.3. The summed E-state index contributed by atoms with van der Waals surface area (Å²) in [6.07, 6.45) is 11.1. The van der Waals surface area contributed by atoms with Crippen molar-refractivity contribution in [3.8, 4) is 5.75 Å². The Balaban J connectivity index is 0.00000176. The maximum absolute atomic E-state index is 6.59. The predicted octanol–water partition coefficient (Wildman–Crippen LogP) is 5.58. The molecule has 0 amide bonds. The third-order valence-electron chi connectivity index (χ3n) is 5.54. The van der Waals surface area contributed by atoms with Crippen LogP contribution in [0.15, 0.2) is 24.3 Å². The van der Waals surface area contributed by atoms with Gasteiger partial charge in [-0.05, 0) is 75.6 Å². The predicted molar refractivity (Wildman–Crippen MR) is 94.2 cm³/mol. The van der Waals surface area contributed by atoms with Gasteiger partial charge in [-0.1, -0.05) is 12.9 Å². The second-order valence-electron chi connectivity index (χ2n) is 6.51. The maximum Gasteiger partial charge on any atom is 0.119 e. The Morgan fingerprint density at radius 3 is 1.77 bits per heavy atom. The third kappa shape index (κ3) is 3.42. The summed E-state index contributed by atoms with van der Waals surface area (Å²) in [4.78, 5) is 0. The third-order valence-corrected chi connectivity index (χ3v) is 11.5. The molecule has 2 aliphatic carbocycles. The number of benzene rings is 1. The molecule has 0 unspecified atom stereocenters. The molecule has 3 rings (SSSR count). The number of rotatable bonds is 5. The number of hydrogen-bond acceptors (Lipinski definition) is 1. The number of methoxy groups -OCH3 is 1. The minimum absolute atomic E-state index is 0. The second kappa shape index (κ2) is 8.49. The van der Waals surface area contributed by atoms with E-state index < -0.39 is 7.26 Å². The molecule has 1 aromatic rings. The quantitative estimate of drug-likeness (QED) is 0.336. The van der Waals surface area contributed by atoms with Crippen LogP contribution in [0, 0.1) is 5.62 Å². The molecule has 0 heterocycles. The molecule has 0 aromatic heterocycles. The van der Waals surface area contributed by atoms with Gasteiger partial charge < -0.3 is 16.3 Å². The molecule has 2 aliphatic rings. The Morgan fingerprint density at radius 1 is 0.955 bits per heavy atom. The van der Waals surface area contributed by atoms with Gasteiger partial charge in [0, 0.05) is 31.7 Å². The molecular weight excluding hydrogens is 405 g/mol. The van der Waals surface area contributed by atoms with E-state index in [0.29, 0.717) is 0 Å². The summed E-state index contributed by atoms with van der Waals surface area (Å²) in [6, 6.07) is 8.83. The number of hydrogen-bond donors (Lipinski definition) is 0. The zero-order valence-electron chi connectivity index (χ0n) is 13.2. The zero-order valence-corrected chi connectivity index (χ0v) is 16.5. The molecule has 0 saturated heterocycles. The van der Waals surface area contributed by atoms with Crippen LogP contribution in [-0.2, 0) is 20.4 Å². The summed E-state index contributed by atoms with van der Waals surface area (Å²) in [5, 5.41) is 1.51. The van der Waals surface area contributed by atoms with Crippen LogP contribution in [0.25, 0.3) is 0 Å². The van der Waals surface area contributed by atoms with Gasteiger partial charge in [-0.15, -0.1) is 0 Å². The van der Waals surface area contributed by atoms with Crippen LogP contribution in [-0.4, -0.2) is 18.4 Å². The van der Waals surface area contributed by atoms with Gasteiger partial charge in [-0.25, -0.2) is 0 Å². The van der Waals surface area contributed by atoms with E-state index in [1.54, 1.807) is 7.11 Å². The van der Waals surface area contributed by atoms with Crippen LogP contribution >= 0.6 is 18.9 Å². The molecule has 22 heavy (non-hydrogen) atoms. The first-order valence-corrected chi connectivity index (χ1v) is 10.7. The van der Waals surface area contributed by atoms with Crippen molar-refractivity contribution in [2.45, 2.75) is 62.7 Å². The fourth-order valence-corrected chi connectivity index (χ4v) is 10.7. The van der Waals surface area contributed by atoms with Crippen molar-refractivity contribution >= 4 is 24.2 Å². The summed E-state index contributed by atoms with van der Waals surface area (Å²) in [5.41, 5.74) is 3.79. The molecule has 2 fully saturated rings. The average Bonchev–Trinajstić information content (AvgIpc) is 3.23. The van der Waals surface area contributed by atoms with Gasteiger partial charge in [0.15, 0.2) is 0 Å². The molecule has 0 N–H and O–H groups in total. The first kappa shape index (κ1) is 18.7. The average molecular weight is 431 g/mol. The Bertz CT molecular complexity index is 437. The maximum atomic E-state index is 6.59. The van der Waals surface area contributed by atoms with Gasteiger partial charge in [0.25, 0.3) is 0 Å². The first-order valence-electron chi connectivity index (χ1n) is 8.28. The summed E-state index contributed by atoms with van der Waals surface area (Å²) in [5.74, 6) is 0.948. The van der Waals surface area contributed by atoms with Crippen LogP contribution in [0.5, 0.6) is 5.75 Å². The molecule has 4 heteroatoms. The van der Waals surface area contributed by atoms with E-state index in [1.165, 1.54) is 56.7 Å². The van der Waals surface area contributed by atoms with Crippen LogP contribution < -0.4 is 10.0 Å². The minimum Gasteiger partial charge on any atom is -0.497 e. The Morgan fingerprint density at radius 2 is 1.41 bits per heavy atom. The van der Waals surface area contributed by atoms with E-state index in [4.69, 9.17) is 16.3 Å². The smallest absolute Gasteiger partial charge is 0.119 e. The summed E-state index contributed by atoms with van der Waals surface area (Å²) in [6.45, 7) is 0. The molecule has 0 atom stereocenters. The second-order valence-corrected chi connectivity index (χ2v) is 10.9. The van der Waals surface area contributed by atoms with Crippen molar-refractivity contribution in [3.05, 3.63) is 29.9 Å². The molecular formula is C18H26ClOPPd. The molecule has 126 valence electrons. The summed E-state index contributed by atoms with van der Waals surface area (Å²) in [7, 11) is 0.365. The van der Waals surface area contributed by atoms with Crippen molar-refractivity contribution < 1.29 is 25.2 Å². The summed E-state index contributed by atoms with van der Waals surface area (Å²) >= 11 is 6.59. The van der Waals surface area contributed by atoms with Crippen LogP contribution in [0.3, 0.4) is 0 Å². The molecule has 0 bridgehead atoms. The van der Waals surface area contributed by atoms with E-state index >= 15 is 0 Å². The molecule has 0 radical (unpaired) electrons. The molecule has 2 saturated carbocycles. The number of halogens is 1. The van der Waals surface area contributed by atoms with E-state index in [9.17, 15) is 0 Å². The zero-order chi connectivity index (χ0) is 14.7. The minimum atomic E-state index is -1.37. The largest absolute Gasteiger partial charge is 0.497 e. The Labute approximate surface area is 154 Å². The number of ether oxygens (including phenoxy) is 1. The fourth-order valence-electron chi connectivity index (χ4n) is 4.44. The van der Waals surface area contributed by atoms with Crippen LogP contribution in [0.2, 0.25) is 0 Å². The van der Waals surface area contributed by atoms with Crippen molar-refractivity contribution in [2.24, 2.45) is 0 Å².